The first-order valence-electron chi connectivity index (χ1n) is 6.19. The van der Waals surface area contributed by atoms with Gasteiger partial charge in [0, 0.05) is 19.1 Å². The third-order valence-electron chi connectivity index (χ3n) is 2.68. The van der Waals surface area contributed by atoms with Gasteiger partial charge in [0.05, 0.1) is 0 Å². The van der Waals surface area contributed by atoms with Crippen LogP contribution >= 0.6 is 0 Å². The van der Waals surface area contributed by atoms with Crippen molar-refractivity contribution in [3.63, 3.8) is 0 Å². The largest absolute Gasteiger partial charge is 0.480 e. The molecule has 1 heterocycles. The van der Waals surface area contributed by atoms with Gasteiger partial charge in [-0.3, -0.25) is 10.1 Å². The average molecular weight is 258 g/mol. The van der Waals surface area contributed by atoms with Crippen molar-refractivity contribution in [1.29, 1.82) is 0 Å². The van der Waals surface area contributed by atoms with Crippen LogP contribution in [-0.4, -0.2) is 52.8 Å². The highest BCUT2D eigenvalue weighted by atomic mass is 16.6. The first kappa shape index (κ1) is 14.8. The number of hydrogen-bond donors (Lipinski definition) is 2. The third-order valence-corrected chi connectivity index (χ3v) is 2.68. The predicted octanol–water partition coefficient (Wildman–Crippen LogP) is 1.06. The highest BCUT2D eigenvalue weighted by Gasteiger charge is 2.35. The Morgan fingerprint density at radius 1 is 1.44 bits per heavy atom. The number of carbonyl (C=O) groups excluding carboxylic acids is 1. The Bertz CT molecular complexity index is 319. The molecule has 1 aliphatic heterocycles. The van der Waals surface area contributed by atoms with Crippen LogP contribution in [0.4, 0.5) is 4.79 Å². The standard InChI is InChI=1S/C12H22N2O4/c1-5-9(10(15)16)13-8-6-14(7-8)11(17)18-12(2,3)4/h8-9,13H,5-7H2,1-4H3,(H,15,16). The molecule has 1 saturated heterocycles. The number of carbonyl (C=O) groups is 2. The van der Waals surface area contributed by atoms with Crippen LogP contribution < -0.4 is 5.32 Å². The molecule has 0 saturated carbocycles. The Morgan fingerprint density at radius 2 is 2.00 bits per heavy atom. The van der Waals surface area contributed by atoms with E-state index in [9.17, 15) is 9.59 Å². The topological polar surface area (TPSA) is 78.9 Å². The van der Waals surface area contributed by atoms with Crippen LogP contribution in [0.2, 0.25) is 0 Å². The molecule has 6 nitrogen and oxygen atoms in total. The molecule has 104 valence electrons. The molecule has 0 aromatic carbocycles. The first-order valence-corrected chi connectivity index (χ1v) is 6.19. The lowest BCUT2D eigenvalue weighted by atomic mass is 10.1. The van der Waals surface area contributed by atoms with Gasteiger partial charge in [-0.15, -0.1) is 0 Å². The summed E-state index contributed by atoms with van der Waals surface area (Å²) in [6.07, 6.45) is 0.182. The predicted molar refractivity (Wildman–Crippen MR) is 66.4 cm³/mol. The number of ether oxygens (including phenoxy) is 1. The Morgan fingerprint density at radius 3 is 2.39 bits per heavy atom. The van der Waals surface area contributed by atoms with Crippen LogP contribution in [0.1, 0.15) is 34.1 Å². The number of carboxylic acid groups (broad SMARTS) is 1. The fourth-order valence-corrected chi connectivity index (χ4v) is 1.71. The summed E-state index contributed by atoms with van der Waals surface area (Å²) in [6.45, 7) is 8.27. The fraction of sp³-hybridized carbons (Fsp3) is 0.833. The minimum Gasteiger partial charge on any atom is -0.480 e. The van der Waals surface area contributed by atoms with Gasteiger partial charge >= 0.3 is 12.1 Å². The van der Waals surface area contributed by atoms with Crippen LogP contribution in [0, 0.1) is 0 Å². The van der Waals surface area contributed by atoms with E-state index in [2.05, 4.69) is 5.32 Å². The maximum Gasteiger partial charge on any atom is 0.410 e. The smallest absolute Gasteiger partial charge is 0.410 e. The highest BCUT2D eigenvalue weighted by molar-refractivity contribution is 5.73. The van der Waals surface area contributed by atoms with Gasteiger partial charge in [0.25, 0.3) is 0 Å². The van der Waals surface area contributed by atoms with Crippen molar-refractivity contribution in [2.24, 2.45) is 0 Å². The summed E-state index contributed by atoms with van der Waals surface area (Å²) in [7, 11) is 0. The molecule has 1 fully saturated rings. The lowest BCUT2D eigenvalue weighted by molar-refractivity contribution is -0.140. The Hall–Kier alpha value is -1.30. The van der Waals surface area contributed by atoms with E-state index in [1.807, 2.05) is 27.7 Å². The first-order chi connectivity index (χ1) is 8.23. The molecule has 0 bridgehead atoms. The maximum atomic E-state index is 11.6. The van der Waals surface area contributed by atoms with Gasteiger partial charge in [0.15, 0.2) is 0 Å². The number of carboxylic acids is 1. The lowest BCUT2D eigenvalue weighted by Gasteiger charge is -2.41. The van der Waals surface area contributed by atoms with E-state index in [0.29, 0.717) is 19.5 Å². The van der Waals surface area contributed by atoms with Crippen molar-refractivity contribution >= 4 is 12.1 Å². The van der Waals surface area contributed by atoms with Crippen LogP contribution in [0.15, 0.2) is 0 Å². The molecule has 6 heteroatoms. The van der Waals surface area contributed by atoms with Crippen molar-refractivity contribution in [3.05, 3.63) is 0 Å². The van der Waals surface area contributed by atoms with Gasteiger partial charge in [-0.2, -0.15) is 0 Å². The fourth-order valence-electron chi connectivity index (χ4n) is 1.71. The Balaban J connectivity index is 2.31. The number of nitrogens with zero attached hydrogens (tertiary/aromatic N) is 1. The average Bonchev–Trinajstić information content (AvgIpc) is 2.12. The molecule has 0 aromatic rings. The van der Waals surface area contributed by atoms with Crippen LogP contribution in [-0.2, 0) is 9.53 Å². The molecule has 1 unspecified atom stereocenters. The van der Waals surface area contributed by atoms with E-state index >= 15 is 0 Å². The van der Waals surface area contributed by atoms with Crippen LogP contribution in [0.5, 0.6) is 0 Å². The van der Waals surface area contributed by atoms with Crippen LogP contribution in [0.25, 0.3) is 0 Å². The van der Waals surface area contributed by atoms with Crippen molar-refractivity contribution in [2.75, 3.05) is 13.1 Å². The van der Waals surface area contributed by atoms with Crippen molar-refractivity contribution < 1.29 is 19.4 Å². The van der Waals surface area contributed by atoms with E-state index in [0.717, 1.165) is 0 Å². The second-order valence-electron chi connectivity index (χ2n) is 5.55. The number of amides is 1. The van der Waals surface area contributed by atoms with E-state index in [1.165, 1.54) is 0 Å². The SMILES string of the molecule is CCC(NC1CN(C(=O)OC(C)(C)C)C1)C(=O)O. The van der Waals surface area contributed by atoms with Gasteiger partial charge in [0.1, 0.15) is 11.6 Å². The molecule has 1 atom stereocenters. The number of rotatable bonds is 4. The number of likely N-dealkylation sites (tertiary alicyclic amines) is 1. The van der Waals surface area contributed by atoms with Gasteiger partial charge < -0.3 is 14.7 Å². The molecule has 18 heavy (non-hydrogen) atoms. The molecule has 0 radical (unpaired) electrons. The molecule has 1 aliphatic rings. The second-order valence-corrected chi connectivity index (χ2v) is 5.55. The lowest BCUT2D eigenvalue weighted by Crippen LogP contribution is -2.63. The van der Waals surface area contributed by atoms with Crippen molar-refractivity contribution in [1.82, 2.24) is 10.2 Å². The van der Waals surface area contributed by atoms with Gasteiger partial charge in [-0.05, 0) is 27.2 Å². The minimum absolute atomic E-state index is 0.0403. The molecule has 2 N–H and O–H groups in total. The molecule has 1 rings (SSSR count). The Labute approximate surface area is 107 Å². The second kappa shape index (κ2) is 5.56. The van der Waals surface area contributed by atoms with Crippen molar-refractivity contribution in [3.8, 4) is 0 Å². The quantitative estimate of drug-likeness (QED) is 0.788. The minimum atomic E-state index is -0.854. The highest BCUT2D eigenvalue weighted by Crippen LogP contribution is 2.15. The van der Waals surface area contributed by atoms with Crippen LogP contribution in [0.3, 0.4) is 0 Å². The molecular weight excluding hydrogens is 236 g/mol. The number of nitrogens with one attached hydrogen (secondary N) is 1. The summed E-state index contributed by atoms with van der Waals surface area (Å²) in [5.74, 6) is -0.854. The van der Waals surface area contributed by atoms with E-state index < -0.39 is 17.6 Å². The summed E-state index contributed by atoms with van der Waals surface area (Å²) in [4.78, 5) is 24.0. The third kappa shape index (κ3) is 4.18. The Kier molecular flexibility index (Phi) is 4.56. The molecule has 0 aromatic heterocycles. The van der Waals surface area contributed by atoms with Gasteiger partial charge in [-0.1, -0.05) is 6.92 Å². The molecule has 0 spiro atoms. The van der Waals surface area contributed by atoms with E-state index in [4.69, 9.17) is 9.84 Å². The molecule has 1 amide bonds. The van der Waals surface area contributed by atoms with Gasteiger partial charge in [-0.25, -0.2) is 4.79 Å². The summed E-state index contributed by atoms with van der Waals surface area (Å²) in [5.41, 5.74) is -0.497. The summed E-state index contributed by atoms with van der Waals surface area (Å²) in [5, 5.41) is 11.9. The summed E-state index contributed by atoms with van der Waals surface area (Å²) in [6, 6.07) is -0.505. The zero-order valence-corrected chi connectivity index (χ0v) is 11.4. The summed E-state index contributed by atoms with van der Waals surface area (Å²) < 4.78 is 5.21. The normalized spacial score (nSPS) is 18.1. The monoisotopic (exact) mass is 258 g/mol. The number of hydrogen-bond acceptors (Lipinski definition) is 4. The molecule has 0 aliphatic carbocycles. The zero-order valence-electron chi connectivity index (χ0n) is 11.4. The van der Waals surface area contributed by atoms with E-state index in [1.54, 1.807) is 4.90 Å². The molecular formula is C12H22N2O4. The van der Waals surface area contributed by atoms with Crippen molar-refractivity contribution in [2.45, 2.75) is 51.8 Å². The van der Waals surface area contributed by atoms with Gasteiger partial charge in [0.2, 0.25) is 0 Å². The maximum absolute atomic E-state index is 11.6. The van der Waals surface area contributed by atoms with E-state index in [-0.39, 0.29) is 12.1 Å². The summed E-state index contributed by atoms with van der Waals surface area (Å²) >= 11 is 0. The zero-order chi connectivity index (χ0) is 13.9. The number of aliphatic carboxylic acids is 1.